The van der Waals surface area contributed by atoms with E-state index in [0.717, 1.165) is 0 Å². The van der Waals surface area contributed by atoms with Crippen molar-refractivity contribution in [2.24, 2.45) is 0 Å². The summed E-state index contributed by atoms with van der Waals surface area (Å²) in [7, 11) is -3.74. The van der Waals surface area contributed by atoms with Crippen LogP contribution < -0.4 is 4.72 Å². The van der Waals surface area contributed by atoms with Crippen molar-refractivity contribution >= 4 is 43.2 Å². The minimum Gasteiger partial charge on any atom is -0.392 e. The van der Waals surface area contributed by atoms with Crippen LogP contribution in [-0.4, -0.2) is 13.5 Å². The summed E-state index contributed by atoms with van der Waals surface area (Å²) in [5, 5.41) is 9.64. The number of benzene rings is 2. The zero-order chi connectivity index (χ0) is 15.6. The Bertz CT molecular complexity index is 778. The summed E-state index contributed by atoms with van der Waals surface area (Å²) < 4.78 is 28.0. The summed E-state index contributed by atoms with van der Waals surface area (Å²) in [6.45, 7) is 1.45. The topological polar surface area (TPSA) is 66.4 Å². The van der Waals surface area contributed by atoms with E-state index in [-0.39, 0.29) is 11.5 Å². The van der Waals surface area contributed by atoms with Crippen LogP contribution in [0.4, 0.5) is 5.69 Å². The molecule has 0 amide bonds. The first-order valence-electron chi connectivity index (χ1n) is 6.02. The van der Waals surface area contributed by atoms with Gasteiger partial charge in [-0.15, -0.1) is 0 Å². The normalized spacial score (nSPS) is 11.4. The molecule has 0 atom stereocenters. The molecule has 2 N–H and O–H groups in total. The molecule has 21 heavy (non-hydrogen) atoms. The Morgan fingerprint density at radius 1 is 1.29 bits per heavy atom. The van der Waals surface area contributed by atoms with Gasteiger partial charge in [-0.1, -0.05) is 23.7 Å². The first-order valence-corrected chi connectivity index (χ1v) is 8.68. The van der Waals surface area contributed by atoms with Crippen LogP contribution >= 0.6 is 27.5 Å². The van der Waals surface area contributed by atoms with E-state index < -0.39 is 10.0 Å². The Morgan fingerprint density at radius 3 is 2.62 bits per heavy atom. The number of anilines is 1. The number of hydrogen-bond acceptors (Lipinski definition) is 3. The molecular formula is C14H13BrClNO3S. The molecular weight excluding hydrogens is 378 g/mol. The molecule has 0 saturated carbocycles. The minimum absolute atomic E-state index is 0.132. The highest BCUT2D eigenvalue weighted by Gasteiger charge is 2.18. The van der Waals surface area contributed by atoms with Crippen LogP contribution in [0.5, 0.6) is 0 Å². The van der Waals surface area contributed by atoms with Crippen LogP contribution in [0, 0.1) is 6.92 Å². The van der Waals surface area contributed by atoms with Gasteiger partial charge in [0, 0.05) is 4.47 Å². The Labute approximate surface area is 136 Å². The van der Waals surface area contributed by atoms with Crippen LogP contribution in [0.15, 0.2) is 45.8 Å². The summed E-state index contributed by atoms with van der Waals surface area (Å²) in [5.74, 6) is 0. The van der Waals surface area contributed by atoms with E-state index in [1.54, 1.807) is 31.2 Å². The molecule has 0 unspecified atom stereocenters. The second-order valence-electron chi connectivity index (χ2n) is 4.43. The van der Waals surface area contributed by atoms with E-state index in [4.69, 9.17) is 11.6 Å². The number of aliphatic hydroxyl groups excluding tert-OH is 1. The van der Waals surface area contributed by atoms with Crippen LogP contribution in [0.3, 0.4) is 0 Å². The predicted molar refractivity (Wildman–Crippen MR) is 87.1 cm³/mol. The quantitative estimate of drug-likeness (QED) is 0.836. The van der Waals surface area contributed by atoms with Gasteiger partial charge in [0.1, 0.15) is 0 Å². The maximum Gasteiger partial charge on any atom is 0.262 e. The lowest BCUT2D eigenvalue weighted by molar-refractivity contribution is 0.280. The van der Waals surface area contributed by atoms with Gasteiger partial charge in [0.15, 0.2) is 0 Å². The monoisotopic (exact) mass is 389 g/mol. The number of rotatable bonds is 4. The standard InChI is InChI=1S/C14H13BrClNO3S/c1-9-10(8-18)3-2-4-14(9)21(19,20)17-11-5-6-12(15)13(16)7-11/h2-7,17-18H,8H2,1H3. The number of halogens is 2. The fourth-order valence-corrected chi connectivity index (χ4v) is 3.66. The first kappa shape index (κ1) is 16.3. The summed E-state index contributed by atoms with van der Waals surface area (Å²) in [4.78, 5) is 0.132. The van der Waals surface area contributed by atoms with E-state index in [2.05, 4.69) is 20.7 Å². The predicted octanol–water partition coefficient (Wildman–Crippen LogP) is 3.70. The van der Waals surface area contributed by atoms with Crippen LogP contribution in [-0.2, 0) is 16.6 Å². The highest BCUT2D eigenvalue weighted by Crippen LogP contribution is 2.28. The van der Waals surface area contributed by atoms with Gasteiger partial charge in [0.2, 0.25) is 0 Å². The van der Waals surface area contributed by atoms with E-state index in [9.17, 15) is 13.5 Å². The lowest BCUT2D eigenvalue weighted by atomic mass is 10.1. The second kappa shape index (κ2) is 6.36. The molecule has 0 bridgehead atoms. The molecule has 0 saturated heterocycles. The maximum atomic E-state index is 12.4. The van der Waals surface area contributed by atoms with E-state index in [1.165, 1.54) is 12.1 Å². The third-order valence-electron chi connectivity index (χ3n) is 3.03. The van der Waals surface area contributed by atoms with Gasteiger partial charge < -0.3 is 5.11 Å². The van der Waals surface area contributed by atoms with Crippen molar-refractivity contribution in [3.63, 3.8) is 0 Å². The fraction of sp³-hybridized carbons (Fsp3) is 0.143. The zero-order valence-electron chi connectivity index (χ0n) is 11.1. The Hall–Kier alpha value is -1.08. The van der Waals surface area contributed by atoms with Gasteiger partial charge in [0.25, 0.3) is 10.0 Å². The Morgan fingerprint density at radius 2 is 2.00 bits per heavy atom. The number of sulfonamides is 1. The van der Waals surface area contributed by atoms with Crippen molar-refractivity contribution in [1.82, 2.24) is 0 Å². The minimum atomic E-state index is -3.74. The second-order valence-corrected chi connectivity index (χ2v) is 7.35. The molecule has 0 aliphatic rings. The van der Waals surface area contributed by atoms with Crippen LogP contribution in [0.1, 0.15) is 11.1 Å². The van der Waals surface area contributed by atoms with Crippen molar-refractivity contribution in [1.29, 1.82) is 0 Å². The molecule has 0 heterocycles. The molecule has 4 nitrogen and oxygen atoms in total. The van der Waals surface area contributed by atoms with Gasteiger partial charge in [-0.2, -0.15) is 0 Å². The molecule has 0 aliphatic carbocycles. The molecule has 0 aromatic heterocycles. The lowest BCUT2D eigenvalue weighted by Gasteiger charge is -2.13. The van der Waals surface area contributed by atoms with E-state index in [0.29, 0.717) is 26.3 Å². The summed E-state index contributed by atoms with van der Waals surface area (Å²) >= 11 is 9.20. The SMILES string of the molecule is Cc1c(CO)cccc1S(=O)(=O)Nc1ccc(Br)c(Cl)c1. The molecule has 0 fully saturated rings. The highest BCUT2D eigenvalue weighted by atomic mass is 79.9. The zero-order valence-corrected chi connectivity index (χ0v) is 14.3. The van der Waals surface area contributed by atoms with Crippen LogP contribution in [0.2, 0.25) is 5.02 Å². The van der Waals surface area contributed by atoms with Crippen molar-refractivity contribution in [2.75, 3.05) is 4.72 Å². The third-order valence-corrected chi connectivity index (χ3v) is 5.79. The van der Waals surface area contributed by atoms with Gasteiger partial charge in [-0.25, -0.2) is 8.42 Å². The van der Waals surface area contributed by atoms with Crippen molar-refractivity contribution < 1.29 is 13.5 Å². The van der Waals surface area contributed by atoms with Crippen molar-refractivity contribution in [3.05, 3.63) is 57.0 Å². The molecule has 0 radical (unpaired) electrons. The summed E-state index contributed by atoms with van der Waals surface area (Å²) in [6.07, 6.45) is 0. The molecule has 112 valence electrons. The fourth-order valence-electron chi connectivity index (χ4n) is 1.89. The highest BCUT2D eigenvalue weighted by molar-refractivity contribution is 9.10. The summed E-state index contributed by atoms with van der Waals surface area (Å²) in [6, 6.07) is 9.58. The first-order chi connectivity index (χ1) is 9.85. The maximum absolute atomic E-state index is 12.4. The lowest BCUT2D eigenvalue weighted by Crippen LogP contribution is -2.15. The molecule has 2 aromatic carbocycles. The smallest absolute Gasteiger partial charge is 0.262 e. The van der Waals surface area contributed by atoms with Gasteiger partial charge >= 0.3 is 0 Å². The average Bonchev–Trinajstić information content (AvgIpc) is 2.42. The third kappa shape index (κ3) is 3.58. The van der Waals surface area contributed by atoms with Gasteiger partial charge in [-0.3, -0.25) is 4.72 Å². The number of hydrogen-bond donors (Lipinski definition) is 2. The largest absolute Gasteiger partial charge is 0.392 e. The van der Waals surface area contributed by atoms with E-state index >= 15 is 0 Å². The van der Waals surface area contributed by atoms with E-state index in [1.807, 2.05) is 0 Å². The Kier molecular flexibility index (Phi) is 4.93. The van der Waals surface area contributed by atoms with Gasteiger partial charge in [-0.05, 0) is 58.2 Å². The number of nitrogens with one attached hydrogen (secondary N) is 1. The summed E-state index contributed by atoms with van der Waals surface area (Å²) in [5.41, 5.74) is 1.47. The van der Waals surface area contributed by atoms with Crippen LogP contribution in [0.25, 0.3) is 0 Å². The molecule has 2 rings (SSSR count). The average molecular weight is 391 g/mol. The molecule has 2 aromatic rings. The van der Waals surface area contributed by atoms with Crippen molar-refractivity contribution in [2.45, 2.75) is 18.4 Å². The van der Waals surface area contributed by atoms with Crippen molar-refractivity contribution in [3.8, 4) is 0 Å². The molecule has 0 aliphatic heterocycles. The molecule has 7 heteroatoms. The molecule has 0 spiro atoms. The number of aliphatic hydroxyl groups is 1. The van der Waals surface area contributed by atoms with Gasteiger partial charge in [0.05, 0.1) is 22.2 Å². The Balaban J connectivity index is 2.41.